The van der Waals surface area contributed by atoms with Crippen LogP contribution in [0.4, 0.5) is 18.9 Å². The van der Waals surface area contributed by atoms with Crippen LogP contribution < -0.4 is 10.2 Å². The first kappa shape index (κ1) is 21.5. The molecular weight excluding hydrogens is 383 g/mol. The van der Waals surface area contributed by atoms with Crippen molar-refractivity contribution >= 4 is 29.9 Å². The molecule has 1 aromatic rings. The molecule has 0 radical (unpaired) electrons. The van der Waals surface area contributed by atoms with Crippen LogP contribution in [0.2, 0.25) is 0 Å². The third-order valence-corrected chi connectivity index (χ3v) is 4.99. The fourth-order valence-electron chi connectivity index (χ4n) is 3.56. The molecule has 1 N–H and O–H groups in total. The largest absolute Gasteiger partial charge is 0.416 e. The van der Waals surface area contributed by atoms with Gasteiger partial charge in [0.15, 0.2) is 0 Å². The molecule has 2 saturated heterocycles. The molecule has 2 amide bonds. The Kier molecular flexibility index (Phi) is 6.75. The number of hydrogen-bond acceptors (Lipinski definition) is 3. The van der Waals surface area contributed by atoms with E-state index in [0.717, 1.165) is 25.0 Å². The van der Waals surface area contributed by atoms with E-state index in [4.69, 9.17) is 0 Å². The topological polar surface area (TPSA) is 52.7 Å². The van der Waals surface area contributed by atoms with Gasteiger partial charge in [0.2, 0.25) is 5.91 Å². The first-order chi connectivity index (χ1) is 12.3. The van der Waals surface area contributed by atoms with Gasteiger partial charge in [-0.2, -0.15) is 13.2 Å². The van der Waals surface area contributed by atoms with E-state index in [1.54, 1.807) is 11.9 Å². The molecule has 2 aliphatic rings. The standard InChI is InChI=1S/C18H22F3N3O2.ClH/c1-22-14-4-2-6-23(11-14)17(26)12-8-13(18(19,20)21)10-15(9-12)24-7-3-5-16(24)25;/h8-10,14,22H,2-7,11H2,1H3;1H. The number of anilines is 1. The van der Waals surface area contributed by atoms with Gasteiger partial charge in [-0.1, -0.05) is 0 Å². The number of hydrogen-bond donors (Lipinski definition) is 1. The Morgan fingerprint density at radius 3 is 2.52 bits per heavy atom. The summed E-state index contributed by atoms with van der Waals surface area (Å²) in [6, 6.07) is 3.38. The van der Waals surface area contributed by atoms with Crippen LogP contribution in [0.1, 0.15) is 41.6 Å². The van der Waals surface area contributed by atoms with Crippen molar-refractivity contribution in [3.05, 3.63) is 29.3 Å². The van der Waals surface area contributed by atoms with Gasteiger partial charge < -0.3 is 15.1 Å². The first-order valence-corrected chi connectivity index (χ1v) is 8.79. The van der Waals surface area contributed by atoms with E-state index < -0.39 is 17.6 Å². The van der Waals surface area contributed by atoms with E-state index in [2.05, 4.69) is 5.32 Å². The molecule has 3 rings (SSSR count). The fraction of sp³-hybridized carbons (Fsp3) is 0.556. The van der Waals surface area contributed by atoms with E-state index >= 15 is 0 Å². The molecule has 5 nitrogen and oxygen atoms in total. The van der Waals surface area contributed by atoms with Crippen LogP contribution in [-0.4, -0.2) is 49.4 Å². The molecule has 0 aliphatic carbocycles. The van der Waals surface area contributed by atoms with Crippen molar-refractivity contribution in [1.29, 1.82) is 0 Å². The Hall–Kier alpha value is -1.80. The number of rotatable bonds is 3. The predicted molar refractivity (Wildman–Crippen MR) is 98.3 cm³/mol. The van der Waals surface area contributed by atoms with Crippen molar-refractivity contribution in [1.82, 2.24) is 10.2 Å². The number of amides is 2. The molecule has 150 valence electrons. The number of carbonyl (C=O) groups excluding carboxylic acids is 2. The number of halogens is 4. The highest BCUT2D eigenvalue weighted by Gasteiger charge is 2.34. The lowest BCUT2D eigenvalue weighted by Gasteiger charge is -2.33. The molecule has 1 aromatic carbocycles. The Balaban J connectivity index is 0.00000261. The van der Waals surface area contributed by atoms with E-state index in [0.29, 0.717) is 32.5 Å². The molecule has 0 bridgehead atoms. The number of likely N-dealkylation sites (N-methyl/N-ethyl adjacent to an activating group) is 1. The molecule has 1 atom stereocenters. The number of carbonyl (C=O) groups is 2. The molecule has 2 fully saturated rings. The summed E-state index contributed by atoms with van der Waals surface area (Å²) in [5, 5.41) is 3.11. The molecule has 0 aromatic heterocycles. The number of nitrogens with zero attached hydrogens (tertiary/aromatic N) is 2. The van der Waals surface area contributed by atoms with Gasteiger partial charge in [0.05, 0.1) is 5.56 Å². The van der Waals surface area contributed by atoms with Gasteiger partial charge >= 0.3 is 6.18 Å². The van der Waals surface area contributed by atoms with Crippen LogP contribution in [0.25, 0.3) is 0 Å². The van der Waals surface area contributed by atoms with Crippen molar-refractivity contribution in [2.24, 2.45) is 0 Å². The lowest BCUT2D eigenvalue weighted by Crippen LogP contribution is -2.47. The highest BCUT2D eigenvalue weighted by Crippen LogP contribution is 2.34. The molecule has 2 aliphatic heterocycles. The van der Waals surface area contributed by atoms with Crippen molar-refractivity contribution in [2.75, 3.05) is 31.6 Å². The van der Waals surface area contributed by atoms with E-state index in [1.165, 1.54) is 11.0 Å². The summed E-state index contributed by atoms with van der Waals surface area (Å²) in [6.07, 6.45) is -1.93. The second-order valence-electron chi connectivity index (χ2n) is 6.79. The zero-order valence-corrected chi connectivity index (χ0v) is 15.8. The maximum Gasteiger partial charge on any atom is 0.416 e. The van der Waals surface area contributed by atoms with Gasteiger partial charge in [0.1, 0.15) is 0 Å². The van der Waals surface area contributed by atoms with Gasteiger partial charge in [-0.25, -0.2) is 0 Å². The smallest absolute Gasteiger partial charge is 0.337 e. The molecule has 2 heterocycles. The number of benzene rings is 1. The third kappa shape index (κ3) is 4.73. The second-order valence-corrected chi connectivity index (χ2v) is 6.79. The van der Waals surface area contributed by atoms with Crippen LogP contribution in [0, 0.1) is 0 Å². The van der Waals surface area contributed by atoms with Crippen LogP contribution in [0.3, 0.4) is 0 Å². The summed E-state index contributed by atoms with van der Waals surface area (Å²) >= 11 is 0. The summed E-state index contributed by atoms with van der Waals surface area (Å²) in [5.74, 6) is -0.639. The molecule has 9 heteroatoms. The van der Waals surface area contributed by atoms with E-state index in [9.17, 15) is 22.8 Å². The Morgan fingerprint density at radius 1 is 1.19 bits per heavy atom. The van der Waals surface area contributed by atoms with Gasteiger partial charge in [-0.05, 0) is 44.5 Å². The van der Waals surface area contributed by atoms with E-state index in [-0.39, 0.29) is 35.6 Å². The van der Waals surface area contributed by atoms with Crippen LogP contribution in [0.5, 0.6) is 0 Å². The van der Waals surface area contributed by atoms with Crippen LogP contribution >= 0.6 is 12.4 Å². The average Bonchev–Trinajstić information content (AvgIpc) is 3.06. The maximum absolute atomic E-state index is 13.3. The summed E-state index contributed by atoms with van der Waals surface area (Å²) < 4.78 is 39.9. The second kappa shape index (κ2) is 8.48. The minimum Gasteiger partial charge on any atom is -0.337 e. The number of alkyl halides is 3. The SMILES string of the molecule is CNC1CCCN(C(=O)c2cc(N3CCCC3=O)cc(C(F)(F)F)c2)C1.Cl. The molecule has 0 saturated carbocycles. The number of likely N-dealkylation sites (tertiary alicyclic amines) is 1. The van der Waals surface area contributed by atoms with E-state index in [1.807, 2.05) is 0 Å². The molecular formula is C18H23ClF3N3O2. The monoisotopic (exact) mass is 405 g/mol. The Bertz CT molecular complexity index is 712. The zero-order chi connectivity index (χ0) is 18.9. The molecule has 1 unspecified atom stereocenters. The van der Waals surface area contributed by atoms with Gasteiger partial charge in [0, 0.05) is 43.3 Å². The highest BCUT2D eigenvalue weighted by atomic mass is 35.5. The predicted octanol–water partition coefficient (Wildman–Crippen LogP) is 3.08. The van der Waals surface area contributed by atoms with Crippen molar-refractivity contribution in [3.8, 4) is 0 Å². The van der Waals surface area contributed by atoms with Crippen molar-refractivity contribution in [2.45, 2.75) is 37.9 Å². The zero-order valence-electron chi connectivity index (χ0n) is 15.0. The lowest BCUT2D eigenvalue weighted by molar-refractivity contribution is -0.137. The summed E-state index contributed by atoms with van der Waals surface area (Å²) in [5.41, 5.74) is -0.778. The Morgan fingerprint density at radius 2 is 1.93 bits per heavy atom. The third-order valence-electron chi connectivity index (χ3n) is 4.99. The van der Waals surface area contributed by atoms with Gasteiger partial charge in [-0.3, -0.25) is 9.59 Å². The minimum absolute atomic E-state index is 0. The van der Waals surface area contributed by atoms with Crippen LogP contribution in [-0.2, 0) is 11.0 Å². The highest BCUT2D eigenvalue weighted by molar-refractivity contribution is 5.99. The van der Waals surface area contributed by atoms with Crippen molar-refractivity contribution < 1.29 is 22.8 Å². The summed E-state index contributed by atoms with van der Waals surface area (Å²) in [6.45, 7) is 1.36. The number of nitrogens with one attached hydrogen (secondary N) is 1. The fourth-order valence-corrected chi connectivity index (χ4v) is 3.56. The quantitative estimate of drug-likeness (QED) is 0.840. The van der Waals surface area contributed by atoms with Crippen LogP contribution in [0.15, 0.2) is 18.2 Å². The first-order valence-electron chi connectivity index (χ1n) is 8.79. The summed E-state index contributed by atoms with van der Waals surface area (Å²) in [7, 11) is 1.81. The maximum atomic E-state index is 13.3. The molecule has 27 heavy (non-hydrogen) atoms. The Labute approximate surface area is 162 Å². The lowest BCUT2D eigenvalue weighted by atomic mass is 10.0. The van der Waals surface area contributed by atoms with Gasteiger partial charge in [0.25, 0.3) is 5.91 Å². The summed E-state index contributed by atoms with van der Waals surface area (Å²) in [4.78, 5) is 27.7. The average molecular weight is 406 g/mol. The minimum atomic E-state index is -4.58. The van der Waals surface area contributed by atoms with Crippen molar-refractivity contribution in [3.63, 3.8) is 0 Å². The number of piperidine rings is 1. The molecule has 0 spiro atoms. The normalized spacial score (nSPS) is 20.6. The van der Waals surface area contributed by atoms with Gasteiger partial charge in [-0.15, -0.1) is 12.4 Å².